The van der Waals surface area contributed by atoms with E-state index in [0.717, 1.165) is 37.2 Å². The Labute approximate surface area is 242 Å². The number of ether oxygens (including phenoxy) is 1. The fourth-order valence-corrected chi connectivity index (χ4v) is 5.87. The first kappa shape index (κ1) is 28.6. The fraction of sp³-hybridized carbons (Fsp3) is 0.382. The van der Waals surface area contributed by atoms with Crippen molar-refractivity contribution >= 4 is 29.0 Å². The summed E-state index contributed by atoms with van der Waals surface area (Å²) in [7, 11) is 0. The molecule has 214 valence electrons. The molecule has 3 fully saturated rings. The summed E-state index contributed by atoms with van der Waals surface area (Å²) >= 11 is 0. The van der Waals surface area contributed by atoms with E-state index in [-0.39, 0.29) is 23.8 Å². The fourth-order valence-electron chi connectivity index (χ4n) is 5.87. The van der Waals surface area contributed by atoms with Gasteiger partial charge in [-0.2, -0.15) is 0 Å². The number of rotatable bonds is 9. The van der Waals surface area contributed by atoms with Crippen molar-refractivity contribution in [2.24, 2.45) is 11.3 Å². The Balaban J connectivity index is 1.25. The van der Waals surface area contributed by atoms with Crippen molar-refractivity contribution < 1.29 is 23.6 Å². The normalized spacial score (nSPS) is 22.4. The lowest BCUT2D eigenvalue weighted by Gasteiger charge is -2.51. The Kier molecular flexibility index (Phi) is 8.27. The van der Waals surface area contributed by atoms with Crippen LogP contribution in [0.1, 0.15) is 55.6 Å². The Bertz CT molecular complexity index is 1360. The predicted octanol–water partition coefficient (Wildman–Crippen LogP) is 5.86. The quantitative estimate of drug-likeness (QED) is 0.197. The molecule has 2 bridgehead atoms. The van der Waals surface area contributed by atoms with Crippen LogP contribution >= 0.6 is 0 Å². The summed E-state index contributed by atoms with van der Waals surface area (Å²) in [6, 6.07) is 25.9. The number of fused-ring (bicyclic) bond motifs is 3. The molecule has 3 aliphatic rings. The lowest BCUT2D eigenvalue weighted by Crippen LogP contribution is -2.65. The minimum atomic E-state index is -0.624. The van der Waals surface area contributed by atoms with Crippen LogP contribution in [-0.2, 0) is 14.3 Å². The second-order valence-corrected chi connectivity index (χ2v) is 12.5. The van der Waals surface area contributed by atoms with Crippen molar-refractivity contribution in [1.82, 2.24) is 0 Å². The maximum absolute atomic E-state index is 13.6. The van der Waals surface area contributed by atoms with Crippen LogP contribution in [0.15, 0.2) is 84.9 Å². The molecule has 3 aromatic carbocycles. The van der Waals surface area contributed by atoms with Gasteiger partial charge >= 0.3 is 5.97 Å². The third-order valence-corrected chi connectivity index (χ3v) is 8.39. The summed E-state index contributed by atoms with van der Waals surface area (Å²) in [4.78, 5) is 39.3. The van der Waals surface area contributed by atoms with Crippen molar-refractivity contribution in [3.8, 4) is 0 Å². The number of carbonyl (C=O) groups is 3. The Morgan fingerprint density at radius 1 is 0.854 bits per heavy atom. The molecule has 0 saturated carbocycles. The van der Waals surface area contributed by atoms with E-state index in [4.69, 9.17) is 4.74 Å². The number of amides is 1. The van der Waals surface area contributed by atoms with Crippen LogP contribution in [0.2, 0.25) is 0 Å². The molecule has 1 amide bonds. The smallest absolute Gasteiger partial charge is 0.333 e. The maximum atomic E-state index is 13.6. The van der Waals surface area contributed by atoms with Crippen LogP contribution in [0.4, 0.5) is 11.4 Å². The summed E-state index contributed by atoms with van der Waals surface area (Å²) in [6.07, 6.45) is 1.65. The van der Waals surface area contributed by atoms with Crippen LogP contribution in [0.25, 0.3) is 0 Å². The number of carbonyl (C=O) groups excluding carboxylic acids is 3. The molecule has 7 nitrogen and oxygen atoms in total. The van der Waals surface area contributed by atoms with Crippen molar-refractivity contribution in [3.05, 3.63) is 96.1 Å². The topological polar surface area (TPSA) is 84.5 Å². The minimum absolute atomic E-state index is 0.0667. The van der Waals surface area contributed by atoms with Crippen LogP contribution in [0.3, 0.4) is 0 Å². The molecule has 2 atom stereocenters. The molecule has 0 aromatic heterocycles. The Morgan fingerprint density at radius 2 is 1.46 bits per heavy atom. The molecule has 3 heterocycles. The molecule has 41 heavy (non-hydrogen) atoms. The van der Waals surface area contributed by atoms with Gasteiger partial charge in [-0.3, -0.25) is 9.59 Å². The highest BCUT2D eigenvalue weighted by molar-refractivity contribution is 5.98. The number of esters is 1. The number of nitrogens with one attached hydrogen (secondary N) is 2. The lowest BCUT2D eigenvalue weighted by molar-refractivity contribution is -0.938. The van der Waals surface area contributed by atoms with Gasteiger partial charge in [0.05, 0.1) is 13.1 Å². The molecule has 7 heteroatoms. The zero-order chi connectivity index (χ0) is 29.0. The average molecular weight is 555 g/mol. The standard InChI is InChI=1S/C34H39N3O4/c1-34(2,3)33(40)36-28-16-14-24(15-17-28)29(38)22-37-20-18-25(19-21-37)30(23-37)41-32(39)31(26-10-6-4-7-11-26)35-27-12-8-5-9-13-27/h4-17,25,30-31,35H,18-23H2,1-3H3/p+1/t25?,30-,31+,37?/m0/s1. The Morgan fingerprint density at radius 3 is 2.07 bits per heavy atom. The van der Waals surface area contributed by atoms with E-state index in [0.29, 0.717) is 34.7 Å². The van der Waals surface area contributed by atoms with Gasteiger partial charge in [0.2, 0.25) is 11.7 Å². The molecule has 3 aliphatic heterocycles. The van der Waals surface area contributed by atoms with E-state index < -0.39 is 11.5 Å². The SMILES string of the molecule is CC(C)(C)C(=O)Nc1ccc(C(=O)C[N+]23CCC(CC2)[C@@H](OC(=O)[C@H](Nc2ccccc2)c2ccccc2)C3)cc1. The number of nitrogens with zero attached hydrogens (tertiary/aromatic N) is 1. The first-order valence-corrected chi connectivity index (χ1v) is 14.5. The Hall–Kier alpha value is -3.97. The van der Waals surface area contributed by atoms with Gasteiger partial charge < -0.3 is 19.9 Å². The van der Waals surface area contributed by atoms with Crippen LogP contribution in [-0.4, -0.2) is 54.4 Å². The molecule has 0 unspecified atom stereocenters. The molecule has 0 spiro atoms. The average Bonchev–Trinajstić information content (AvgIpc) is 2.97. The lowest BCUT2D eigenvalue weighted by atomic mass is 9.82. The molecular weight excluding hydrogens is 514 g/mol. The van der Waals surface area contributed by atoms with E-state index >= 15 is 0 Å². The van der Waals surface area contributed by atoms with E-state index in [1.54, 1.807) is 24.3 Å². The molecule has 3 aromatic rings. The van der Waals surface area contributed by atoms with Gasteiger partial charge in [0.25, 0.3) is 0 Å². The van der Waals surface area contributed by atoms with Crippen LogP contribution < -0.4 is 10.6 Å². The molecule has 2 N–H and O–H groups in total. The van der Waals surface area contributed by atoms with E-state index in [2.05, 4.69) is 10.6 Å². The summed E-state index contributed by atoms with van der Waals surface area (Å²) in [6.45, 7) is 8.43. The van der Waals surface area contributed by atoms with Gasteiger partial charge in [0, 0.05) is 41.1 Å². The number of ketones is 1. The number of Topliss-reactive ketones (excluding diaryl/α,β-unsaturated/α-hetero) is 1. The highest BCUT2D eigenvalue weighted by Gasteiger charge is 2.49. The zero-order valence-corrected chi connectivity index (χ0v) is 24.1. The predicted molar refractivity (Wildman–Crippen MR) is 160 cm³/mol. The first-order chi connectivity index (χ1) is 19.6. The van der Waals surface area contributed by atoms with Gasteiger partial charge in [-0.25, -0.2) is 4.79 Å². The van der Waals surface area contributed by atoms with Crippen LogP contribution in [0.5, 0.6) is 0 Å². The third kappa shape index (κ3) is 6.85. The number of hydrogen-bond acceptors (Lipinski definition) is 5. The minimum Gasteiger partial charge on any atom is -0.454 e. The summed E-state index contributed by atoms with van der Waals surface area (Å²) in [5.41, 5.74) is 2.51. The number of quaternary nitrogens is 1. The highest BCUT2D eigenvalue weighted by atomic mass is 16.5. The number of piperidine rings is 3. The molecular formula is C34H40N3O4+. The molecule has 6 rings (SSSR count). The van der Waals surface area contributed by atoms with Crippen molar-refractivity contribution in [3.63, 3.8) is 0 Å². The molecule has 0 aliphatic carbocycles. The maximum Gasteiger partial charge on any atom is 0.333 e. The second-order valence-electron chi connectivity index (χ2n) is 12.5. The van der Waals surface area contributed by atoms with Crippen LogP contribution in [0, 0.1) is 11.3 Å². The number of para-hydroxylation sites is 1. The van der Waals surface area contributed by atoms with E-state index in [1.807, 2.05) is 81.4 Å². The van der Waals surface area contributed by atoms with Crippen molar-refractivity contribution in [1.29, 1.82) is 0 Å². The molecule has 3 saturated heterocycles. The van der Waals surface area contributed by atoms with Crippen molar-refractivity contribution in [2.75, 3.05) is 36.8 Å². The van der Waals surface area contributed by atoms with Gasteiger partial charge in [-0.05, 0) is 42.0 Å². The summed E-state index contributed by atoms with van der Waals surface area (Å²) in [5.74, 6) is 0.0151. The van der Waals surface area contributed by atoms with Crippen molar-refractivity contribution in [2.45, 2.75) is 45.8 Å². The number of hydrogen-bond donors (Lipinski definition) is 2. The number of anilines is 2. The first-order valence-electron chi connectivity index (χ1n) is 14.5. The van der Waals surface area contributed by atoms with Gasteiger partial charge in [0.15, 0.2) is 12.1 Å². The monoisotopic (exact) mass is 554 g/mol. The highest BCUT2D eigenvalue weighted by Crippen LogP contribution is 2.37. The second kappa shape index (κ2) is 11.9. The largest absolute Gasteiger partial charge is 0.454 e. The molecule has 0 radical (unpaired) electrons. The van der Waals surface area contributed by atoms with E-state index in [1.165, 1.54) is 0 Å². The van der Waals surface area contributed by atoms with Gasteiger partial charge in [-0.1, -0.05) is 69.3 Å². The number of benzene rings is 3. The zero-order valence-electron chi connectivity index (χ0n) is 24.1. The summed E-state index contributed by atoms with van der Waals surface area (Å²) < 4.78 is 6.87. The van der Waals surface area contributed by atoms with E-state index in [9.17, 15) is 14.4 Å². The van der Waals surface area contributed by atoms with Gasteiger partial charge in [0.1, 0.15) is 13.1 Å². The summed E-state index contributed by atoms with van der Waals surface area (Å²) in [5, 5.41) is 6.26. The van der Waals surface area contributed by atoms with Gasteiger partial charge in [-0.15, -0.1) is 0 Å². The third-order valence-electron chi connectivity index (χ3n) is 8.39.